The van der Waals surface area contributed by atoms with E-state index < -0.39 is 23.5 Å². The molecule has 1 rings (SSSR count). The van der Waals surface area contributed by atoms with Gasteiger partial charge in [-0.25, -0.2) is 9.18 Å². The van der Waals surface area contributed by atoms with Gasteiger partial charge in [-0.3, -0.25) is 4.79 Å². The number of hydrogen-bond acceptors (Lipinski definition) is 3. The molecule has 0 aliphatic heterocycles. The van der Waals surface area contributed by atoms with Gasteiger partial charge in [0.05, 0.1) is 13.0 Å². The lowest BCUT2D eigenvalue weighted by atomic mass is 10.0. The summed E-state index contributed by atoms with van der Waals surface area (Å²) in [6.07, 6.45) is -0.851. The van der Waals surface area contributed by atoms with Crippen molar-refractivity contribution >= 4 is 12.1 Å². The number of nitrogens with one attached hydrogen (secondary N) is 1. The van der Waals surface area contributed by atoms with E-state index >= 15 is 0 Å². The summed E-state index contributed by atoms with van der Waals surface area (Å²) in [6.45, 7) is 5.23. The molecule has 0 atom stereocenters. The minimum Gasteiger partial charge on any atom is -0.481 e. The van der Waals surface area contributed by atoms with Crippen molar-refractivity contribution in [1.29, 1.82) is 0 Å². The Kier molecular flexibility index (Phi) is 5.93. The third kappa shape index (κ3) is 6.75. The van der Waals surface area contributed by atoms with Crippen LogP contribution in [0, 0.1) is 17.7 Å². The highest BCUT2D eigenvalue weighted by Crippen LogP contribution is 2.11. The Morgan fingerprint density at radius 1 is 1.36 bits per heavy atom. The zero-order chi connectivity index (χ0) is 16.8. The maximum Gasteiger partial charge on any atom is 0.408 e. The zero-order valence-corrected chi connectivity index (χ0v) is 12.7. The average molecular weight is 307 g/mol. The SMILES string of the molecule is CC(C)(C)OC(=O)NCC#Cc1cc(F)ccc1CC(=O)O. The van der Waals surface area contributed by atoms with Crippen molar-refractivity contribution in [2.24, 2.45) is 0 Å². The minimum absolute atomic E-state index is 0.0118. The van der Waals surface area contributed by atoms with Crippen LogP contribution in [-0.2, 0) is 16.0 Å². The summed E-state index contributed by atoms with van der Waals surface area (Å²) >= 11 is 0. The van der Waals surface area contributed by atoms with Gasteiger partial charge in [0, 0.05) is 5.56 Å². The first-order valence-electron chi connectivity index (χ1n) is 6.63. The third-order valence-electron chi connectivity index (χ3n) is 2.36. The second kappa shape index (κ2) is 7.46. The molecule has 0 spiro atoms. The standard InChI is InChI=1S/C16H18FNO4/c1-16(2,3)22-15(21)18-8-4-5-11-9-13(17)7-6-12(11)10-14(19)20/h6-7,9H,8,10H2,1-3H3,(H,18,21)(H,19,20). The molecule has 0 radical (unpaired) electrons. The number of aliphatic carboxylic acids is 1. The predicted octanol–water partition coefficient (Wildman–Crippen LogP) is 2.33. The molecule has 0 bridgehead atoms. The smallest absolute Gasteiger partial charge is 0.408 e. The highest BCUT2D eigenvalue weighted by molar-refractivity contribution is 5.71. The van der Waals surface area contributed by atoms with Gasteiger partial charge in [-0.05, 0) is 38.5 Å². The molecule has 1 aromatic rings. The van der Waals surface area contributed by atoms with E-state index in [1.165, 1.54) is 18.2 Å². The van der Waals surface area contributed by atoms with Gasteiger partial charge < -0.3 is 15.2 Å². The summed E-state index contributed by atoms with van der Waals surface area (Å²) in [7, 11) is 0. The summed E-state index contributed by atoms with van der Waals surface area (Å²) < 4.78 is 18.2. The largest absolute Gasteiger partial charge is 0.481 e. The van der Waals surface area contributed by atoms with Crippen molar-refractivity contribution < 1.29 is 23.8 Å². The number of benzene rings is 1. The summed E-state index contributed by atoms with van der Waals surface area (Å²) in [6, 6.07) is 3.73. The molecule has 0 heterocycles. The molecule has 0 aromatic heterocycles. The van der Waals surface area contributed by atoms with E-state index in [9.17, 15) is 14.0 Å². The van der Waals surface area contributed by atoms with Crippen molar-refractivity contribution in [2.75, 3.05) is 6.54 Å². The van der Waals surface area contributed by atoms with Crippen molar-refractivity contribution in [1.82, 2.24) is 5.32 Å². The van der Waals surface area contributed by atoms with Crippen LogP contribution in [0.1, 0.15) is 31.9 Å². The lowest BCUT2D eigenvalue weighted by Crippen LogP contribution is -2.32. The molecule has 0 saturated carbocycles. The second-order valence-corrected chi connectivity index (χ2v) is 5.53. The molecular formula is C16H18FNO4. The number of alkyl carbamates (subject to hydrolysis) is 1. The normalized spacial score (nSPS) is 10.4. The Balaban J connectivity index is 2.70. The van der Waals surface area contributed by atoms with E-state index in [4.69, 9.17) is 9.84 Å². The van der Waals surface area contributed by atoms with Gasteiger partial charge in [-0.1, -0.05) is 17.9 Å². The van der Waals surface area contributed by atoms with E-state index in [1.54, 1.807) is 20.8 Å². The molecule has 0 fully saturated rings. The second-order valence-electron chi connectivity index (χ2n) is 5.53. The molecule has 6 heteroatoms. The molecule has 5 nitrogen and oxygen atoms in total. The van der Waals surface area contributed by atoms with Gasteiger partial charge >= 0.3 is 12.1 Å². The van der Waals surface area contributed by atoms with Gasteiger partial charge in [0.15, 0.2) is 0 Å². The fourth-order valence-electron chi connectivity index (χ4n) is 1.55. The van der Waals surface area contributed by atoms with Crippen LogP contribution in [0.15, 0.2) is 18.2 Å². The molecule has 0 aliphatic rings. The molecule has 0 saturated heterocycles. The van der Waals surface area contributed by atoms with Gasteiger partial charge in [0.25, 0.3) is 0 Å². The lowest BCUT2D eigenvalue weighted by molar-refractivity contribution is -0.136. The Hall–Kier alpha value is -2.55. The first kappa shape index (κ1) is 17.5. The number of carbonyl (C=O) groups is 2. The third-order valence-corrected chi connectivity index (χ3v) is 2.36. The topological polar surface area (TPSA) is 75.6 Å². The summed E-state index contributed by atoms with van der Waals surface area (Å²) in [5, 5.41) is 11.2. The van der Waals surface area contributed by atoms with E-state index in [0.29, 0.717) is 5.56 Å². The van der Waals surface area contributed by atoms with Crippen LogP contribution >= 0.6 is 0 Å². The lowest BCUT2D eigenvalue weighted by Gasteiger charge is -2.19. The number of hydrogen-bond donors (Lipinski definition) is 2. The van der Waals surface area contributed by atoms with Crippen LogP contribution in [0.4, 0.5) is 9.18 Å². The molecule has 118 valence electrons. The fraction of sp³-hybridized carbons (Fsp3) is 0.375. The molecule has 2 N–H and O–H groups in total. The van der Waals surface area contributed by atoms with Gasteiger partial charge in [-0.2, -0.15) is 0 Å². The fourth-order valence-corrected chi connectivity index (χ4v) is 1.55. The monoisotopic (exact) mass is 307 g/mol. The number of rotatable bonds is 3. The number of ether oxygens (including phenoxy) is 1. The molecule has 1 aromatic carbocycles. The Labute approximate surface area is 128 Å². The molecule has 22 heavy (non-hydrogen) atoms. The summed E-state index contributed by atoms with van der Waals surface area (Å²) in [5.41, 5.74) is 0.0985. The van der Waals surface area contributed by atoms with Crippen LogP contribution in [0.3, 0.4) is 0 Å². The highest BCUT2D eigenvalue weighted by Gasteiger charge is 2.15. The van der Waals surface area contributed by atoms with Crippen LogP contribution in [-0.4, -0.2) is 29.3 Å². The van der Waals surface area contributed by atoms with Crippen molar-refractivity contribution in [3.05, 3.63) is 35.1 Å². The minimum atomic E-state index is -1.03. The molecule has 0 aliphatic carbocycles. The number of amides is 1. The highest BCUT2D eigenvalue weighted by atomic mass is 19.1. The summed E-state index contributed by atoms with van der Waals surface area (Å²) in [4.78, 5) is 22.1. The number of carboxylic acids is 1. The van der Waals surface area contributed by atoms with Crippen LogP contribution in [0.25, 0.3) is 0 Å². The predicted molar refractivity (Wildman–Crippen MR) is 78.9 cm³/mol. The maximum atomic E-state index is 13.2. The maximum absolute atomic E-state index is 13.2. The number of carboxylic acid groups (broad SMARTS) is 1. The molecule has 0 unspecified atom stereocenters. The van der Waals surface area contributed by atoms with E-state index in [2.05, 4.69) is 17.2 Å². The Morgan fingerprint density at radius 3 is 2.64 bits per heavy atom. The Bertz CT molecular complexity index is 623. The molecular weight excluding hydrogens is 289 g/mol. The van der Waals surface area contributed by atoms with Crippen LogP contribution < -0.4 is 5.32 Å². The van der Waals surface area contributed by atoms with Crippen LogP contribution in [0.2, 0.25) is 0 Å². The first-order chi connectivity index (χ1) is 10.2. The van der Waals surface area contributed by atoms with Crippen molar-refractivity contribution in [3.8, 4) is 11.8 Å². The number of carbonyl (C=O) groups excluding carboxylic acids is 1. The van der Waals surface area contributed by atoms with Gasteiger partial charge in [0.1, 0.15) is 11.4 Å². The first-order valence-corrected chi connectivity index (χ1v) is 6.63. The van der Waals surface area contributed by atoms with Gasteiger partial charge in [0.2, 0.25) is 0 Å². The zero-order valence-electron chi connectivity index (χ0n) is 12.7. The summed E-state index contributed by atoms with van der Waals surface area (Å²) in [5.74, 6) is 3.76. The van der Waals surface area contributed by atoms with E-state index in [1.807, 2.05) is 0 Å². The number of halogens is 1. The van der Waals surface area contributed by atoms with Crippen molar-refractivity contribution in [2.45, 2.75) is 32.8 Å². The van der Waals surface area contributed by atoms with Crippen LogP contribution in [0.5, 0.6) is 0 Å². The average Bonchev–Trinajstić information content (AvgIpc) is 2.35. The van der Waals surface area contributed by atoms with Gasteiger partial charge in [-0.15, -0.1) is 0 Å². The van der Waals surface area contributed by atoms with E-state index in [-0.39, 0.29) is 18.5 Å². The van der Waals surface area contributed by atoms with E-state index in [0.717, 1.165) is 0 Å². The quantitative estimate of drug-likeness (QED) is 0.840. The molecule has 1 amide bonds. The van der Waals surface area contributed by atoms with Crippen molar-refractivity contribution in [3.63, 3.8) is 0 Å². The Morgan fingerprint density at radius 2 is 2.05 bits per heavy atom.